The maximum absolute atomic E-state index is 9.09. The average Bonchev–Trinajstić information content (AvgIpc) is 1.86. The molecule has 1 rings (SSSR count). The minimum absolute atomic E-state index is 0.263. The van der Waals surface area contributed by atoms with E-state index in [0.29, 0.717) is 0 Å². The molecule has 3 nitrogen and oxygen atoms in total. The van der Waals surface area contributed by atoms with Crippen LogP contribution in [0.25, 0.3) is 0 Å². The number of aliphatic hydroxyl groups is 1. The number of aromatic nitrogens is 1. The molecule has 0 radical (unpaired) electrons. The zero-order valence-corrected chi connectivity index (χ0v) is 6.84. The Labute approximate surface area is 69.8 Å². The molecule has 1 unspecified atom stereocenters. The first-order valence-electron chi connectivity index (χ1n) is 3.14. The van der Waals surface area contributed by atoms with Crippen LogP contribution in [-0.2, 0) is 5.18 Å². The second kappa shape index (κ2) is 2.77. The Kier molecular flexibility index (Phi) is 2.13. The smallest absolute Gasteiger partial charge is 0.235 e. The Hall–Kier alpha value is -0.640. The van der Waals surface area contributed by atoms with Gasteiger partial charge in [-0.15, -0.1) is 0 Å². The fourth-order valence-corrected chi connectivity index (χ4v) is 0.844. The van der Waals surface area contributed by atoms with Crippen molar-refractivity contribution < 1.29 is 5.11 Å². The van der Waals surface area contributed by atoms with E-state index in [-0.39, 0.29) is 5.69 Å². The number of hydrogen-bond donors (Lipinski definition) is 2. The summed E-state index contributed by atoms with van der Waals surface area (Å²) in [6, 6.07) is 5.10. The second-order valence-corrected chi connectivity index (χ2v) is 2.91. The zero-order chi connectivity index (χ0) is 8.48. The third-order valence-corrected chi connectivity index (χ3v) is 1.44. The first-order valence-corrected chi connectivity index (χ1v) is 3.52. The number of nitrogens with zero attached hydrogens (tertiary/aromatic N) is 1. The molecule has 0 aliphatic rings. The minimum atomic E-state index is -1.86. The Morgan fingerprint density at radius 1 is 1.64 bits per heavy atom. The van der Waals surface area contributed by atoms with Crippen molar-refractivity contribution in [2.75, 3.05) is 0 Å². The zero-order valence-electron chi connectivity index (χ0n) is 6.08. The molecule has 1 heterocycles. The number of nitrogens with two attached hydrogens (primary N) is 1. The van der Waals surface area contributed by atoms with E-state index in [9.17, 15) is 0 Å². The van der Waals surface area contributed by atoms with Gasteiger partial charge in [0, 0.05) is 5.69 Å². The highest BCUT2D eigenvalue weighted by atomic mass is 35.5. The van der Waals surface area contributed by atoms with Crippen molar-refractivity contribution in [1.29, 1.82) is 0 Å². The van der Waals surface area contributed by atoms with Gasteiger partial charge < -0.3 is 5.11 Å². The van der Waals surface area contributed by atoms with Crippen LogP contribution in [0.4, 0.5) is 0 Å². The largest absolute Gasteiger partial charge is 0.358 e. The van der Waals surface area contributed by atoms with Crippen LogP contribution in [0.15, 0.2) is 18.2 Å². The van der Waals surface area contributed by atoms with E-state index in [1.165, 1.54) is 0 Å². The van der Waals surface area contributed by atoms with Gasteiger partial charge in [0.15, 0.2) is 0 Å². The van der Waals surface area contributed by atoms with Gasteiger partial charge >= 0.3 is 0 Å². The molecule has 0 bridgehead atoms. The molecule has 0 aromatic carbocycles. The molecule has 0 saturated heterocycles. The Morgan fingerprint density at radius 2 is 2.27 bits per heavy atom. The normalized spacial score (nSPS) is 16.0. The molecule has 0 saturated carbocycles. The standard InChI is InChI=1S/C7H9ClN2O/c1-5-3-2-4-6(10-5)7(8,9)11/h2-4,11H,9H2,1H3. The minimum Gasteiger partial charge on any atom is -0.358 e. The predicted octanol–water partition coefficient (Wildman–Crippen LogP) is 0.690. The molecule has 60 valence electrons. The molecule has 0 aliphatic heterocycles. The highest BCUT2D eigenvalue weighted by molar-refractivity contribution is 6.22. The number of pyridine rings is 1. The van der Waals surface area contributed by atoms with Crippen molar-refractivity contribution in [3.8, 4) is 0 Å². The molecule has 0 spiro atoms. The maximum atomic E-state index is 9.09. The van der Waals surface area contributed by atoms with Gasteiger partial charge in [0.05, 0.1) is 0 Å². The lowest BCUT2D eigenvalue weighted by atomic mass is 10.3. The molecule has 0 amide bonds. The van der Waals surface area contributed by atoms with Gasteiger partial charge in [-0.05, 0) is 19.1 Å². The molecule has 1 atom stereocenters. The molecule has 0 aliphatic carbocycles. The predicted molar refractivity (Wildman–Crippen MR) is 42.9 cm³/mol. The van der Waals surface area contributed by atoms with Crippen molar-refractivity contribution >= 4 is 11.6 Å². The lowest BCUT2D eigenvalue weighted by molar-refractivity contribution is 0.132. The quantitative estimate of drug-likeness (QED) is 0.372. The van der Waals surface area contributed by atoms with Crippen LogP contribution < -0.4 is 5.73 Å². The molecular formula is C7H9ClN2O. The van der Waals surface area contributed by atoms with Gasteiger partial charge in [0.2, 0.25) is 5.18 Å². The van der Waals surface area contributed by atoms with Crippen molar-refractivity contribution in [2.45, 2.75) is 12.1 Å². The van der Waals surface area contributed by atoms with Crippen LogP contribution in [0.3, 0.4) is 0 Å². The fraction of sp³-hybridized carbons (Fsp3) is 0.286. The summed E-state index contributed by atoms with van der Waals surface area (Å²) in [4.78, 5) is 3.94. The fourth-order valence-electron chi connectivity index (χ4n) is 0.738. The van der Waals surface area contributed by atoms with Crippen molar-refractivity contribution in [1.82, 2.24) is 4.98 Å². The first kappa shape index (κ1) is 8.46. The topological polar surface area (TPSA) is 59.1 Å². The Balaban J connectivity index is 3.06. The Morgan fingerprint density at radius 3 is 2.64 bits per heavy atom. The van der Waals surface area contributed by atoms with Crippen molar-refractivity contribution in [2.24, 2.45) is 5.73 Å². The van der Waals surface area contributed by atoms with Crippen molar-refractivity contribution in [3.05, 3.63) is 29.6 Å². The number of alkyl halides is 1. The van der Waals surface area contributed by atoms with Gasteiger partial charge in [-0.2, -0.15) is 0 Å². The molecule has 11 heavy (non-hydrogen) atoms. The highest BCUT2D eigenvalue weighted by Gasteiger charge is 2.20. The third kappa shape index (κ3) is 2.15. The summed E-state index contributed by atoms with van der Waals surface area (Å²) < 4.78 is 0. The van der Waals surface area contributed by atoms with Crippen LogP contribution >= 0.6 is 11.6 Å². The summed E-state index contributed by atoms with van der Waals surface area (Å²) in [6.07, 6.45) is 0. The number of rotatable bonds is 1. The lowest BCUT2D eigenvalue weighted by Gasteiger charge is -2.13. The van der Waals surface area contributed by atoms with Crippen LogP contribution in [0.5, 0.6) is 0 Å². The first-order chi connectivity index (χ1) is 5.00. The van der Waals surface area contributed by atoms with E-state index in [1.54, 1.807) is 25.1 Å². The summed E-state index contributed by atoms with van der Waals surface area (Å²) in [5.74, 6) is 0. The summed E-state index contributed by atoms with van der Waals surface area (Å²) >= 11 is 5.40. The van der Waals surface area contributed by atoms with Gasteiger partial charge in [-0.1, -0.05) is 17.7 Å². The third-order valence-electron chi connectivity index (χ3n) is 1.25. The number of halogens is 1. The number of hydrogen-bond acceptors (Lipinski definition) is 3. The molecule has 1 aromatic heterocycles. The summed E-state index contributed by atoms with van der Waals surface area (Å²) in [7, 11) is 0. The summed E-state index contributed by atoms with van der Waals surface area (Å²) in [6.45, 7) is 1.80. The van der Waals surface area contributed by atoms with E-state index in [0.717, 1.165) is 5.69 Å². The number of aryl methyl sites for hydroxylation is 1. The van der Waals surface area contributed by atoms with Crippen molar-refractivity contribution in [3.63, 3.8) is 0 Å². The lowest BCUT2D eigenvalue weighted by Crippen LogP contribution is -2.30. The van der Waals surface area contributed by atoms with Gasteiger partial charge in [0.1, 0.15) is 5.69 Å². The van der Waals surface area contributed by atoms with Crippen LogP contribution in [0.1, 0.15) is 11.4 Å². The SMILES string of the molecule is Cc1cccc(C(N)(O)Cl)n1. The van der Waals surface area contributed by atoms with E-state index >= 15 is 0 Å². The molecular weight excluding hydrogens is 164 g/mol. The summed E-state index contributed by atoms with van der Waals surface area (Å²) in [5.41, 5.74) is 6.22. The highest BCUT2D eigenvalue weighted by Crippen LogP contribution is 2.16. The average molecular weight is 173 g/mol. The van der Waals surface area contributed by atoms with Gasteiger partial charge in [-0.25, -0.2) is 0 Å². The molecule has 1 aromatic rings. The maximum Gasteiger partial charge on any atom is 0.235 e. The van der Waals surface area contributed by atoms with Gasteiger partial charge in [-0.3, -0.25) is 10.7 Å². The van der Waals surface area contributed by atoms with E-state index in [1.807, 2.05) is 0 Å². The Bertz CT molecular complexity index is 257. The monoisotopic (exact) mass is 172 g/mol. The molecule has 3 N–H and O–H groups in total. The molecule has 0 fully saturated rings. The molecule has 4 heteroatoms. The summed E-state index contributed by atoms with van der Waals surface area (Å²) in [5, 5.41) is 7.24. The van der Waals surface area contributed by atoms with E-state index in [2.05, 4.69) is 4.98 Å². The second-order valence-electron chi connectivity index (χ2n) is 2.34. The van der Waals surface area contributed by atoms with Crippen LogP contribution in [-0.4, -0.2) is 10.1 Å². The van der Waals surface area contributed by atoms with Gasteiger partial charge in [0.25, 0.3) is 0 Å². The van der Waals surface area contributed by atoms with Crippen LogP contribution in [0, 0.1) is 6.92 Å². The van der Waals surface area contributed by atoms with Crippen LogP contribution in [0.2, 0.25) is 0 Å². The van der Waals surface area contributed by atoms with E-state index in [4.69, 9.17) is 22.4 Å². The van der Waals surface area contributed by atoms with E-state index < -0.39 is 5.18 Å².